The molecule has 0 radical (unpaired) electrons. The Kier molecular flexibility index (Phi) is 7.07. The van der Waals surface area contributed by atoms with E-state index in [1.165, 1.54) is 19.2 Å². The molecule has 0 saturated carbocycles. The molecule has 0 aliphatic heterocycles. The van der Waals surface area contributed by atoms with Crippen LogP contribution in [-0.2, 0) is 16.4 Å². The van der Waals surface area contributed by atoms with Crippen LogP contribution in [0.15, 0.2) is 47.4 Å². The number of hydrogen-bond acceptors (Lipinski definition) is 4. The van der Waals surface area contributed by atoms with Crippen molar-refractivity contribution < 1.29 is 17.9 Å². The van der Waals surface area contributed by atoms with Crippen LogP contribution >= 0.6 is 0 Å². The average Bonchev–Trinajstić information content (AvgIpc) is 2.67. The Morgan fingerprint density at radius 1 is 1.07 bits per heavy atom. The summed E-state index contributed by atoms with van der Waals surface area (Å²) < 4.78 is 33.6. The lowest BCUT2D eigenvalue weighted by atomic mass is 10.1. The largest absolute Gasteiger partial charge is 0.495 e. The van der Waals surface area contributed by atoms with E-state index in [9.17, 15) is 13.2 Å². The molecule has 28 heavy (non-hydrogen) atoms. The summed E-state index contributed by atoms with van der Waals surface area (Å²) >= 11 is 0. The molecule has 2 aromatic carbocycles. The SMILES string of the molecule is CCc1ccc(NS(=O)(=O)c2cc(C(=O)N[C@H](C)C(C)C)ccc2OC)cc1. The summed E-state index contributed by atoms with van der Waals surface area (Å²) in [7, 11) is -2.54. The Morgan fingerprint density at radius 3 is 2.25 bits per heavy atom. The maximum absolute atomic E-state index is 12.9. The zero-order valence-corrected chi connectivity index (χ0v) is 17.8. The molecule has 0 fully saturated rings. The Bertz CT molecular complexity index is 922. The number of hydrogen-bond donors (Lipinski definition) is 2. The summed E-state index contributed by atoms with van der Waals surface area (Å²) in [6.45, 7) is 7.94. The molecular weight excluding hydrogens is 376 g/mol. The number of benzene rings is 2. The highest BCUT2D eigenvalue weighted by Crippen LogP contribution is 2.27. The van der Waals surface area contributed by atoms with Crippen LogP contribution in [0.1, 0.15) is 43.6 Å². The van der Waals surface area contributed by atoms with E-state index in [1.807, 2.05) is 39.8 Å². The number of carbonyl (C=O) groups is 1. The maximum Gasteiger partial charge on any atom is 0.265 e. The van der Waals surface area contributed by atoms with Gasteiger partial charge in [-0.05, 0) is 55.2 Å². The first-order valence-electron chi connectivity index (χ1n) is 9.28. The zero-order valence-electron chi connectivity index (χ0n) is 16.9. The summed E-state index contributed by atoms with van der Waals surface area (Å²) in [6.07, 6.45) is 0.868. The van der Waals surface area contributed by atoms with Crippen LogP contribution in [0, 0.1) is 5.92 Å². The number of ether oxygens (including phenoxy) is 1. The monoisotopic (exact) mass is 404 g/mol. The second-order valence-electron chi connectivity index (χ2n) is 7.03. The molecule has 0 unspecified atom stereocenters. The van der Waals surface area contributed by atoms with Gasteiger partial charge in [-0.3, -0.25) is 9.52 Å². The lowest BCUT2D eigenvalue weighted by Gasteiger charge is -2.18. The van der Waals surface area contributed by atoms with Crippen molar-refractivity contribution in [3.8, 4) is 5.75 Å². The van der Waals surface area contributed by atoms with E-state index in [0.29, 0.717) is 5.69 Å². The van der Waals surface area contributed by atoms with Crippen molar-refractivity contribution in [3.63, 3.8) is 0 Å². The van der Waals surface area contributed by atoms with E-state index in [2.05, 4.69) is 10.0 Å². The fraction of sp³-hybridized carbons (Fsp3) is 0.381. The third-order valence-corrected chi connectivity index (χ3v) is 6.09. The van der Waals surface area contributed by atoms with E-state index < -0.39 is 10.0 Å². The summed E-state index contributed by atoms with van der Waals surface area (Å²) in [4.78, 5) is 12.4. The Morgan fingerprint density at radius 2 is 1.71 bits per heavy atom. The molecule has 2 N–H and O–H groups in total. The maximum atomic E-state index is 12.9. The van der Waals surface area contributed by atoms with Gasteiger partial charge < -0.3 is 10.1 Å². The van der Waals surface area contributed by atoms with Crippen molar-refractivity contribution in [2.45, 2.75) is 45.1 Å². The first-order valence-corrected chi connectivity index (χ1v) is 10.8. The van der Waals surface area contributed by atoms with E-state index in [4.69, 9.17) is 4.74 Å². The number of nitrogens with one attached hydrogen (secondary N) is 2. The van der Waals surface area contributed by atoms with Gasteiger partial charge in [-0.25, -0.2) is 8.42 Å². The van der Waals surface area contributed by atoms with Gasteiger partial charge in [0.25, 0.3) is 15.9 Å². The number of anilines is 1. The number of rotatable bonds is 8. The predicted molar refractivity (Wildman–Crippen MR) is 111 cm³/mol. The van der Waals surface area contributed by atoms with Gasteiger partial charge in [0.2, 0.25) is 0 Å². The van der Waals surface area contributed by atoms with Gasteiger partial charge in [0.05, 0.1) is 7.11 Å². The first kappa shape index (κ1) is 21.8. The molecule has 1 amide bonds. The van der Waals surface area contributed by atoms with Crippen LogP contribution in [0.4, 0.5) is 5.69 Å². The van der Waals surface area contributed by atoms with Crippen LogP contribution < -0.4 is 14.8 Å². The van der Waals surface area contributed by atoms with Gasteiger partial charge in [0.15, 0.2) is 0 Å². The third-order valence-electron chi connectivity index (χ3n) is 4.69. The molecule has 2 rings (SSSR count). The van der Waals surface area contributed by atoms with Gasteiger partial charge in [-0.2, -0.15) is 0 Å². The molecule has 6 nitrogen and oxygen atoms in total. The number of methoxy groups -OCH3 is 1. The van der Waals surface area contributed by atoms with Gasteiger partial charge in [0.1, 0.15) is 10.6 Å². The van der Waals surface area contributed by atoms with Gasteiger partial charge in [0, 0.05) is 17.3 Å². The first-order chi connectivity index (χ1) is 13.2. The highest BCUT2D eigenvalue weighted by atomic mass is 32.2. The van der Waals surface area contributed by atoms with E-state index >= 15 is 0 Å². The quantitative estimate of drug-likeness (QED) is 0.700. The Hall–Kier alpha value is -2.54. The average molecular weight is 405 g/mol. The van der Waals surface area contributed by atoms with Crippen molar-refractivity contribution in [3.05, 3.63) is 53.6 Å². The predicted octanol–water partition coefficient (Wildman–Crippen LogP) is 3.83. The van der Waals surface area contributed by atoms with Gasteiger partial charge in [-0.1, -0.05) is 32.9 Å². The van der Waals surface area contributed by atoms with Crippen LogP contribution in [0.5, 0.6) is 5.75 Å². The number of carbonyl (C=O) groups excluding carboxylic acids is 1. The van der Waals surface area contributed by atoms with Crippen molar-refractivity contribution in [1.82, 2.24) is 5.32 Å². The molecule has 0 aliphatic rings. The lowest BCUT2D eigenvalue weighted by Crippen LogP contribution is -2.36. The molecule has 0 aliphatic carbocycles. The Labute approximate surface area is 167 Å². The van der Waals surface area contributed by atoms with E-state index in [0.717, 1.165) is 12.0 Å². The molecule has 0 spiro atoms. The normalized spacial score (nSPS) is 12.5. The minimum absolute atomic E-state index is 0.0372. The zero-order chi connectivity index (χ0) is 20.9. The van der Waals surface area contributed by atoms with Crippen LogP contribution in [0.3, 0.4) is 0 Å². The van der Waals surface area contributed by atoms with Crippen LogP contribution in [0.2, 0.25) is 0 Å². The van der Waals surface area contributed by atoms with Crippen molar-refractivity contribution in [2.75, 3.05) is 11.8 Å². The molecule has 152 valence electrons. The van der Waals surface area contributed by atoms with Crippen LogP contribution in [-0.4, -0.2) is 27.5 Å². The molecule has 1 atom stereocenters. The lowest BCUT2D eigenvalue weighted by molar-refractivity contribution is 0.0930. The highest BCUT2D eigenvalue weighted by molar-refractivity contribution is 7.92. The number of sulfonamides is 1. The molecule has 0 aromatic heterocycles. The molecule has 2 aromatic rings. The van der Waals surface area contributed by atoms with Crippen molar-refractivity contribution in [2.24, 2.45) is 5.92 Å². The molecule has 0 saturated heterocycles. The number of amides is 1. The third kappa shape index (κ3) is 5.25. The fourth-order valence-corrected chi connectivity index (χ4v) is 3.76. The molecule has 7 heteroatoms. The topological polar surface area (TPSA) is 84.5 Å². The smallest absolute Gasteiger partial charge is 0.265 e. The minimum atomic E-state index is -3.93. The second kappa shape index (κ2) is 9.10. The summed E-state index contributed by atoms with van der Waals surface area (Å²) in [5.74, 6) is 0.108. The van der Waals surface area contributed by atoms with E-state index in [1.54, 1.807) is 18.2 Å². The van der Waals surface area contributed by atoms with Gasteiger partial charge >= 0.3 is 0 Å². The minimum Gasteiger partial charge on any atom is -0.495 e. The Balaban J connectivity index is 2.34. The number of aryl methyl sites for hydroxylation is 1. The fourth-order valence-electron chi connectivity index (χ4n) is 2.50. The van der Waals surface area contributed by atoms with E-state index in [-0.39, 0.29) is 34.1 Å². The van der Waals surface area contributed by atoms with Gasteiger partial charge in [-0.15, -0.1) is 0 Å². The van der Waals surface area contributed by atoms with Crippen molar-refractivity contribution >= 4 is 21.6 Å². The highest BCUT2D eigenvalue weighted by Gasteiger charge is 2.22. The molecular formula is C21H28N2O4S. The summed E-state index contributed by atoms with van der Waals surface area (Å²) in [5, 5.41) is 2.88. The van der Waals surface area contributed by atoms with Crippen molar-refractivity contribution in [1.29, 1.82) is 0 Å². The summed E-state index contributed by atoms with van der Waals surface area (Å²) in [5.41, 5.74) is 1.82. The summed E-state index contributed by atoms with van der Waals surface area (Å²) in [6, 6.07) is 11.5. The molecule has 0 bridgehead atoms. The standard InChI is InChI=1S/C21H28N2O4S/c1-6-16-7-10-18(11-8-16)23-28(25,26)20-13-17(9-12-19(20)27-5)21(24)22-15(4)14(2)3/h7-15,23H,6H2,1-5H3,(H,22,24)/t15-/m1/s1. The second-order valence-corrected chi connectivity index (χ2v) is 8.68. The molecule has 0 heterocycles. The van der Waals surface area contributed by atoms with Crippen LogP contribution in [0.25, 0.3) is 0 Å².